The van der Waals surface area contributed by atoms with Crippen LogP contribution in [0.5, 0.6) is 0 Å². The zero-order chi connectivity index (χ0) is 11.5. The van der Waals surface area contributed by atoms with Gasteiger partial charge in [-0.05, 0) is 55.5 Å². The second-order valence-corrected chi connectivity index (χ2v) is 6.38. The molecule has 0 amide bonds. The molecule has 0 bridgehead atoms. The maximum atomic E-state index is 3.53. The van der Waals surface area contributed by atoms with Crippen LogP contribution in [0.15, 0.2) is 0 Å². The monoisotopic (exact) mass is 211 g/mol. The highest BCUT2D eigenvalue weighted by molar-refractivity contribution is 4.87. The Morgan fingerprint density at radius 3 is 2.53 bits per heavy atom. The Bertz CT molecular complexity index is 184. The summed E-state index contributed by atoms with van der Waals surface area (Å²) in [7, 11) is 0. The summed E-state index contributed by atoms with van der Waals surface area (Å²) in [6, 6.07) is 0. The van der Waals surface area contributed by atoms with E-state index in [-0.39, 0.29) is 0 Å². The molecule has 1 saturated carbocycles. The molecule has 0 heterocycles. The summed E-state index contributed by atoms with van der Waals surface area (Å²) < 4.78 is 0. The summed E-state index contributed by atoms with van der Waals surface area (Å²) in [6.07, 6.45) is 4.25. The lowest BCUT2D eigenvalue weighted by atomic mass is 9.64. The van der Waals surface area contributed by atoms with Gasteiger partial charge in [-0.1, -0.05) is 34.6 Å². The van der Waals surface area contributed by atoms with E-state index in [0.29, 0.717) is 5.41 Å². The summed E-state index contributed by atoms with van der Waals surface area (Å²) in [6.45, 7) is 14.2. The molecule has 1 aliphatic carbocycles. The molecule has 1 fully saturated rings. The largest absolute Gasteiger partial charge is 0.317 e. The summed E-state index contributed by atoms with van der Waals surface area (Å²) in [5.41, 5.74) is 0.581. The van der Waals surface area contributed by atoms with Crippen molar-refractivity contribution >= 4 is 0 Å². The molecule has 1 rings (SSSR count). The minimum Gasteiger partial charge on any atom is -0.317 e. The van der Waals surface area contributed by atoms with Gasteiger partial charge in [0.1, 0.15) is 0 Å². The third kappa shape index (κ3) is 3.79. The summed E-state index contributed by atoms with van der Waals surface area (Å²) in [4.78, 5) is 0. The normalized spacial score (nSPS) is 30.8. The van der Waals surface area contributed by atoms with E-state index in [2.05, 4.69) is 39.9 Å². The molecule has 0 aromatic heterocycles. The molecule has 0 aromatic rings. The van der Waals surface area contributed by atoms with Crippen LogP contribution in [0.2, 0.25) is 0 Å². The van der Waals surface area contributed by atoms with Gasteiger partial charge in [0, 0.05) is 0 Å². The first-order valence-corrected chi connectivity index (χ1v) is 6.67. The van der Waals surface area contributed by atoms with Gasteiger partial charge in [0.15, 0.2) is 0 Å². The van der Waals surface area contributed by atoms with Crippen molar-refractivity contribution in [2.45, 2.75) is 53.9 Å². The first-order chi connectivity index (χ1) is 6.96. The van der Waals surface area contributed by atoms with Crippen molar-refractivity contribution in [2.75, 3.05) is 13.1 Å². The molecule has 1 nitrogen and oxygen atoms in total. The third-order valence-corrected chi connectivity index (χ3v) is 4.10. The van der Waals surface area contributed by atoms with Crippen molar-refractivity contribution in [1.82, 2.24) is 5.32 Å². The fraction of sp³-hybridized carbons (Fsp3) is 1.00. The van der Waals surface area contributed by atoms with Crippen LogP contribution in [0, 0.1) is 23.2 Å². The molecule has 2 atom stereocenters. The molecule has 90 valence electrons. The average molecular weight is 211 g/mol. The van der Waals surface area contributed by atoms with E-state index in [1.165, 1.54) is 25.8 Å². The molecule has 0 radical (unpaired) electrons. The Morgan fingerprint density at radius 2 is 2.00 bits per heavy atom. The Morgan fingerprint density at radius 1 is 1.33 bits per heavy atom. The zero-order valence-electron chi connectivity index (χ0n) is 11.3. The Labute approximate surface area is 96.0 Å². The molecule has 2 unspecified atom stereocenters. The van der Waals surface area contributed by atoms with Crippen LogP contribution < -0.4 is 5.32 Å². The Kier molecular flexibility index (Phi) is 4.64. The van der Waals surface area contributed by atoms with E-state index in [9.17, 15) is 0 Å². The number of nitrogens with one attached hydrogen (secondary N) is 1. The predicted octanol–water partition coefficient (Wildman–Crippen LogP) is 3.69. The van der Waals surface area contributed by atoms with Crippen LogP contribution in [-0.4, -0.2) is 13.1 Å². The highest BCUT2D eigenvalue weighted by Crippen LogP contribution is 2.44. The molecule has 0 spiro atoms. The van der Waals surface area contributed by atoms with Crippen LogP contribution in [0.1, 0.15) is 53.9 Å². The Balaban J connectivity index is 2.55. The van der Waals surface area contributed by atoms with Gasteiger partial charge in [0.05, 0.1) is 0 Å². The van der Waals surface area contributed by atoms with Crippen LogP contribution in [-0.2, 0) is 0 Å². The van der Waals surface area contributed by atoms with Gasteiger partial charge in [-0.25, -0.2) is 0 Å². The molecular weight excluding hydrogens is 182 g/mol. The number of rotatable bonds is 4. The van der Waals surface area contributed by atoms with E-state index in [1.54, 1.807) is 0 Å². The summed E-state index contributed by atoms with van der Waals surface area (Å²) in [5, 5.41) is 3.53. The van der Waals surface area contributed by atoms with Crippen molar-refractivity contribution in [3.05, 3.63) is 0 Å². The predicted molar refractivity (Wildman–Crippen MR) is 68.0 cm³/mol. The van der Waals surface area contributed by atoms with Gasteiger partial charge >= 0.3 is 0 Å². The van der Waals surface area contributed by atoms with Crippen LogP contribution in [0.25, 0.3) is 0 Å². The van der Waals surface area contributed by atoms with Crippen LogP contribution in [0.4, 0.5) is 0 Å². The standard InChI is InChI=1S/C14H29N/c1-6-15-10-12-7-8-14(4,5)9-13(12)11(2)3/h11-13,15H,6-10H2,1-5H3. The van der Waals surface area contributed by atoms with Gasteiger partial charge in [0.2, 0.25) is 0 Å². The first-order valence-electron chi connectivity index (χ1n) is 6.67. The number of hydrogen-bond acceptors (Lipinski definition) is 1. The minimum absolute atomic E-state index is 0.581. The quantitative estimate of drug-likeness (QED) is 0.748. The van der Waals surface area contributed by atoms with E-state index >= 15 is 0 Å². The van der Waals surface area contributed by atoms with Gasteiger partial charge in [0.25, 0.3) is 0 Å². The molecule has 15 heavy (non-hydrogen) atoms. The average Bonchev–Trinajstić information content (AvgIpc) is 2.15. The van der Waals surface area contributed by atoms with Crippen molar-refractivity contribution in [3.8, 4) is 0 Å². The van der Waals surface area contributed by atoms with Crippen molar-refractivity contribution in [3.63, 3.8) is 0 Å². The van der Waals surface area contributed by atoms with Gasteiger partial charge in [-0.2, -0.15) is 0 Å². The third-order valence-electron chi connectivity index (χ3n) is 4.10. The van der Waals surface area contributed by atoms with Gasteiger partial charge in [-0.15, -0.1) is 0 Å². The van der Waals surface area contributed by atoms with Crippen LogP contribution >= 0.6 is 0 Å². The van der Waals surface area contributed by atoms with Gasteiger partial charge < -0.3 is 5.32 Å². The lowest BCUT2D eigenvalue weighted by molar-refractivity contribution is 0.0847. The summed E-state index contributed by atoms with van der Waals surface area (Å²) >= 11 is 0. The Hall–Kier alpha value is -0.0400. The van der Waals surface area contributed by atoms with Gasteiger partial charge in [-0.3, -0.25) is 0 Å². The smallest absolute Gasteiger partial charge is 0.00179 e. The molecule has 0 aliphatic heterocycles. The second-order valence-electron chi connectivity index (χ2n) is 6.38. The fourth-order valence-corrected chi connectivity index (χ4v) is 3.06. The second kappa shape index (κ2) is 5.34. The topological polar surface area (TPSA) is 12.0 Å². The van der Waals surface area contributed by atoms with Crippen molar-refractivity contribution in [2.24, 2.45) is 23.2 Å². The van der Waals surface area contributed by atoms with Crippen LogP contribution in [0.3, 0.4) is 0 Å². The molecule has 0 aromatic carbocycles. The van der Waals surface area contributed by atoms with E-state index < -0.39 is 0 Å². The molecule has 1 aliphatic rings. The minimum atomic E-state index is 0.581. The highest BCUT2D eigenvalue weighted by atomic mass is 14.8. The molecule has 0 saturated heterocycles. The van der Waals surface area contributed by atoms with E-state index in [4.69, 9.17) is 0 Å². The summed E-state index contributed by atoms with van der Waals surface area (Å²) in [5.74, 6) is 2.68. The van der Waals surface area contributed by atoms with E-state index in [0.717, 1.165) is 24.3 Å². The number of hydrogen-bond donors (Lipinski definition) is 1. The highest BCUT2D eigenvalue weighted by Gasteiger charge is 2.35. The lowest BCUT2D eigenvalue weighted by Gasteiger charge is -2.43. The maximum Gasteiger partial charge on any atom is -0.00179 e. The fourth-order valence-electron chi connectivity index (χ4n) is 3.06. The lowest BCUT2D eigenvalue weighted by Crippen LogP contribution is -2.38. The SMILES string of the molecule is CCNCC1CCC(C)(C)CC1C(C)C. The molecular formula is C14H29N. The van der Waals surface area contributed by atoms with E-state index in [1.807, 2.05) is 0 Å². The maximum absolute atomic E-state index is 3.53. The molecule has 1 N–H and O–H groups in total. The molecule has 1 heteroatoms. The van der Waals surface area contributed by atoms with Crippen molar-refractivity contribution < 1.29 is 0 Å². The first kappa shape index (κ1) is 13.0. The zero-order valence-corrected chi connectivity index (χ0v) is 11.3. The van der Waals surface area contributed by atoms with Crippen molar-refractivity contribution in [1.29, 1.82) is 0 Å².